The molecule has 0 aromatic rings. The number of carbonyl (C=O) groups is 5. The highest BCUT2D eigenvalue weighted by atomic mass is 16.4. The lowest BCUT2D eigenvalue weighted by Crippen LogP contribution is -2.59. The van der Waals surface area contributed by atoms with E-state index < -0.39 is 66.4 Å². The maximum Gasteiger partial charge on any atom is 0.326 e. The van der Waals surface area contributed by atoms with Crippen molar-refractivity contribution in [1.82, 2.24) is 16.0 Å². The van der Waals surface area contributed by atoms with Crippen molar-refractivity contribution in [2.45, 2.75) is 63.7 Å². The van der Waals surface area contributed by atoms with Crippen molar-refractivity contribution < 1.29 is 39.3 Å². The number of carboxylic acid groups (broad SMARTS) is 2. The van der Waals surface area contributed by atoms with E-state index in [-0.39, 0.29) is 38.2 Å². The zero-order valence-electron chi connectivity index (χ0n) is 19.2. The minimum atomic E-state index is -1.49. The number of carboxylic acids is 2. The topological polar surface area (TPSA) is 273 Å². The van der Waals surface area contributed by atoms with Crippen molar-refractivity contribution in [2.75, 3.05) is 13.2 Å². The summed E-state index contributed by atoms with van der Waals surface area (Å²) in [7, 11) is 0. The van der Waals surface area contributed by atoms with Gasteiger partial charge in [0.05, 0.1) is 12.6 Å². The van der Waals surface area contributed by atoms with Crippen LogP contribution >= 0.6 is 0 Å². The minimum Gasteiger partial charge on any atom is -0.481 e. The normalized spacial score (nSPS) is 14.3. The van der Waals surface area contributed by atoms with Crippen LogP contribution in [0.15, 0.2) is 4.99 Å². The van der Waals surface area contributed by atoms with Crippen LogP contribution in [0.25, 0.3) is 0 Å². The van der Waals surface area contributed by atoms with Gasteiger partial charge in [0.25, 0.3) is 0 Å². The third kappa shape index (κ3) is 12.0. The lowest BCUT2D eigenvalue weighted by Gasteiger charge is -2.26. The first-order chi connectivity index (χ1) is 15.8. The molecule has 4 unspecified atom stereocenters. The second-order valence-electron chi connectivity index (χ2n) is 7.86. The van der Waals surface area contributed by atoms with Crippen LogP contribution in [0, 0.1) is 5.92 Å². The van der Waals surface area contributed by atoms with E-state index in [0.717, 1.165) is 0 Å². The Bertz CT molecular complexity index is 755. The van der Waals surface area contributed by atoms with Gasteiger partial charge in [-0.15, -0.1) is 0 Å². The Kier molecular flexibility index (Phi) is 13.8. The van der Waals surface area contributed by atoms with Gasteiger partial charge in [0.1, 0.15) is 18.1 Å². The number of aliphatic imine (C=N–C) groups is 1. The van der Waals surface area contributed by atoms with Gasteiger partial charge >= 0.3 is 11.9 Å². The zero-order valence-corrected chi connectivity index (χ0v) is 19.2. The van der Waals surface area contributed by atoms with Crippen LogP contribution in [0.5, 0.6) is 0 Å². The Balaban J connectivity index is 5.10. The van der Waals surface area contributed by atoms with E-state index >= 15 is 0 Å². The summed E-state index contributed by atoms with van der Waals surface area (Å²) < 4.78 is 0. The Morgan fingerprint density at radius 2 is 1.47 bits per heavy atom. The van der Waals surface area contributed by atoms with E-state index in [2.05, 4.69) is 20.9 Å². The van der Waals surface area contributed by atoms with E-state index in [4.69, 9.17) is 22.3 Å². The number of aliphatic carboxylic acids is 2. The molecule has 4 atom stereocenters. The third-order valence-corrected chi connectivity index (χ3v) is 4.63. The molecule has 15 nitrogen and oxygen atoms in total. The smallest absolute Gasteiger partial charge is 0.326 e. The van der Waals surface area contributed by atoms with Gasteiger partial charge in [-0.05, 0) is 25.2 Å². The average molecular weight is 490 g/mol. The summed E-state index contributed by atoms with van der Waals surface area (Å²) in [4.78, 5) is 63.1. The van der Waals surface area contributed by atoms with Crippen LogP contribution in [0.1, 0.15) is 39.5 Å². The summed E-state index contributed by atoms with van der Waals surface area (Å²) in [6.07, 6.45) is -0.247. The number of aliphatic hydroxyl groups is 1. The number of hydrogen-bond donors (Lipinski definition) is 9. The molecule has 12 N–H and O–H groups in total. The summed E-state index contributed by atoms with van der Waals surface area (Å²) in [6, 6.07) is -5.14. The summed E-state index contributed by atoms with van der Waals surface area (Å²) in [5.41, 5.74) is 16.0. The highest BCUT2D eigenvalue weighted by Crippen LogP contribution is 2.05. The number of hydrogen-bond acceptors (Lipinski definition) is 8. The minimum absolute atomic E-state index is 0.0111. The zero-order chi connectivity index (χ0) is 26.4. The van der Waals surface area contributed by atoms with Gasteiger partial charge in [-0.3, -0.25) is 24.2 Å². The molecule has 0 rings (SSSR count). The standard InChI is InChI=1S/C19H35N7O8/c1-9(2)14(26-15(30)10(20)5-6-13(28)29)17(32)25-12(8-27)16(31)24-11(18(33)34)4-3-7-23-19(21)22/h9-12,14,27H,3-8,20H2,1-2H3,(H,24,31)(H,25,32)(H,26,30)(H,28,29)(H,33,34)(H4,21,22,23). The second kappa shape index (κ2) is 15.4. The lowest BCUT2D eigenvalue weighted by molar-refractivity contribution is -0.143. The Hall–Kier alpha value is -3.46. The summed E-state index contributed by atoms with van der Waals surface area (Å²) in [5.74, 6) is -5.60. The molecule has 0 heterocycles. The third-order valence-electron chi connectivity index (χ3n) is 4.63. The number of nitrogens with one attached hydrogen (secondary N) is 3. The monoisotopic (exact) mass is 489 g/mol. The summed E-state index contributed by atoms with van der Waals surface area (Å²) in [6.45, 7) is 2.53. The van der Waals surface area contributed by atoms with E-state index in [9.17, 15) is 34.2 Å². The van der Waals surface area contributed by atoms with Crippen LogP contribution in [0.3, 0.4) is 0 Å². The van der Waals surface area contributed by atoms with Crippen molar-refractivity contribution in [1.29, 1.82) is 0 Å². The van der Waals surface area contributed by atoms with Crippen molar-refractivity contribution in [3.05, 3.63) is 0 Å². The molecule has 0 aliphatic heterocycles. The molecule has 15 heteroatoms. The SMILES string of the molecule is CC(C)C(NC(=O)C(N)CCC(=O)O)C(=O)NC(CO)C(=O)NC(CCCN=C(N)N)C(=O)O. The molecule has 0 bridgehead atoms. The van der Waals surface area contributed by atoms with Gasteiger partial charge < -0.3 is 48.5 Å². The van der Waals surface area contributed by atoms with Gasteiger partial charge in [-0.25, -0.2) is 4.79 Å². The molecule has 0 aromatic heterocycles. The molecule has 0 saturated carbocycles. The molecule has 0 saturated heterocycles. The predicted octanol–water partition coefficient (Wildman–Crippen LogP) is -3.58. The maximum absolute atomic E-state index is 12.7. The molecule has 34 heavy (non-hydrogen) atoms. The van der Waals surface area contributed by atoms with Crippen molar-refractivity contribution >= 4 is 35.6 Å². The first-order valence-corrected chi connectivity index (χ1v) is 10.6. The number of guanidine groups is 1. The fraction of sp³-hybridized carbons (Fsp3) is 0.684. The Morgan fingerprint density at radius 3 is 1.94 bits per heavy atom. The molecule has 0 aromatic carbocycles. The fourth-order valence-electron chi connectivity index (χ4n) is 2.69. The molecule has 0 radical (unpaired) electrons. The molecular weight excluding hydrogens is 454 g/mol. The van der Waals surface area contributed by atoms with Crippen LogP contribution in [-0.4, -0.2) is 88.3 Å². The van der Waals surface area contributed by atoms with Gasteiger partial charge in [-0.2, -0.15) is 0 Å². The molecule has 0 aliphatic carbocycles. The number of rotatable bonds is 16. The van der Waals surface area contributed by atoms with Gasteiger partial charge in [0.15, 0.2) is 5.96 Å². The van der Waals surface area contributed by atoms with Gasteiger partial charge in [-0.1, -0.05) is 13.8 Å². The van der Waals surface area contributed by atoms with E-state index in [1.165, 1.54) is 0 Å². The van der Waals surface area contributed by atoms with E-state index in [0.29, 0.717) is 0 Å². The number of nitrogens with two attached hydrogens (primary N) is 3. The predicted molar refractivity (Wildman–Crippen MR) is 120 cm³/mol. The van der Waals surface area contributed by atoms with Gasteiger partial charge in [0, 0.05) is 13.0 Å². The van der Waals surface area contributed by atoms with Crippen molar-refractivity contribution in [3.8, 4) is 0 Å². The number of carbonyl (C=O) groups excluding carboxylic acids is 3. The molecule has 0 spiro atoms. The first-order valence-electron chi connectivity index (χ1n) is 10.6. The van der Waals surface area contributed by atoms with Crippen LogP contribution in [-0.2, 0) is 24.0 Å². The number of amides is 3. The van der Waals surface area contributed by atoms with E-state index in [1.54, 1.807) is 13.8 Å². The van der Waals surface area contributed by atoms with Crippen LogP contribution in [0.4, 0.5) is 0 Å². The Morgan fingerprint density at radius 1 is 0.882 bits per heavy atom. The van der Waals surface area contributed by atoms with Crippen molar-refractivity contribution in [3.63, 3.8) is 0 Å². The van der Waals surface area contributed by atoms with Gasteiger partial charge in [0.2, 0.25) is 17.7 Å². The Labute approximate surface area is 196 Å². The maximum atomic E-state index is 12.7. The average Bonchev–Trinajstić information content (AvgIpc) is 2.74. The highest BCUT2D eigenvalue weighted by Gasteiger charge is 2.31. The quantitative estimate of drug-likeness (QED) is 0.0580. The molecule has 0 aliphatic rings. The molecule has 0 fully saturated rings. The number of aliphatic hydroxyl groups excluding tert-OH is 1. The fourth-order valence-corrected chi connectivity index (χ4v) is 2.69. The number of nitrogens with zero attached hydrogens (tertiary/aromatic N) is 1. The van der Waals surface area contributed by atoms with Crippen molar-refractivity contribution in [2.24, 2.45) is 28.1 Å². The summed E-state index contributed by atoms with van der Waals surface area (Å²) >= 11 is 0. The lowest BCUT2D eigenvalue weighted by atomic mass is 10.0. The highest BCUT2D eigenvalue weighted by molar-refractivity contribution is 5.94. The second-order valence-corrected chi connectivity index (χ2v) is 7.86. The summed E-state index contributed by atoms with van der Waals surface area (Å²) in [5, 5.41) is 34.5. The van der Waals surface area contributed by atoms with Crippen LogP contribution in [0.2, 0.25) is 0 Å². The molecular formula is C19H35N7O8. The van der Waals surface area contributed by atoms with Crippen LogP contribution < -0.4 is 33.2 Å². The molecule has 194 valence electrons. The largest absolute Gasteiger partial charge is 0.481 e. The van der Waals surface area contributed by atoms with E-state index in [1.807, 2.05) is 0 Å². The first kappa shape index (κ1) is 30.5. The molecule has 3 amide bonds.